The number of benzene rings is 2. The van der Waals surface area contributed by atoms with Crippen LogP contribution < -0.4 is 5.32 Å². The van der Waals surface area contributed by atoms with Crippen molar-refractivity contribution < 1.29 is 4.79 Å². The molecule has 3 rings (SSSR count). The lowest BCUT2D eigenvalue weighted by molar-refractivity contribution is -0.115. The van der Waals surface area contributed by atoms with E-state index in [-0.39, 0.29) is 5.91 Å². The molecule has 0 saturated heterocycles. The SMILES string of the molecule is CCc1ccc(NC(=O)Cc2c(C)[nH]c3ccc(Cl)cc23)cc1. The maximum absolute atomic E-state index is 12.4. The number of hydrogen-bond donors (Lipinski definition) is 2. The molecule has 0 fully saturated rings. The molecule has 118 valence electrons. The second kappa shape index (κ2) is 6.47. The van der Waals surface area contributed by atoms with Gasteiger partial charge < -0.3 is 10.3 Å². The quantitative estimate of drug-likeness (QED) is 0.705. The number of hydrogen-bond acceptors (Lipinski definition) is 1. The van der Waals surface area contributed by atoms with E-state index >= 15 is 0 Å². The van der Waals surface area contributed by atoms with Crippen molar-refractivity contribution in [2.45, 2.75) is 26.7 Å². The highest BCUT2D eigenvalue weighted by Gasteiger charge is 2.13. The van der Waals surface area contributed by atoms with E-state index < -0.39 is 0 Å². The summed E-state index contributed by atoms with van der Waals surface area (Å²) in [4.78, 5) is 15.7. The molecule has 0 aliphatic rings. The maximum atomic E-state index is 12.4. The van der Waals surface area contributed by atoms with E-state index in [0.717, 1.165) is 34.3 Å². The van der Waals surface area contributed by atoms with Gasteiger partial charge in [-0.3, -0.25) is 4.79 Å². The predicted molar refractivity (Wildman–Crippen MR) is 96.2 cm³/mol. The second-order valence-electron chi connectivity index (χ2n) is 5.69. The van der Waals surface area contributed by atoms with E-state index in [1.54, 1.807) is 0 Å². The molecule has 0 radical (unpaired) electrons. The fourth-order valence-electron chi connectivity index (χ4n) is 2.77. The molecule has 0 spiro atoms. The first-order chi connectivity index (χ1) is 11.1. The average Bonchev–Trinajstić information content (AvgIpc) is 2.84. The number of halogens is 1. The topological polar surface area (TPSA) is 44.9 Å². The Morgan fingerprint density at radius 3 is 2.61 bits per heavy atom. The fourth-order valence-corrected chi connectivity index (χ4v) is 2.94. The highest BCUT2D eigenvalue weighted by atomic mass is 35.5. The third-order valence-corrected chi connectivity index (χ3v) is 4.30. The first-order valence-corrected chi connectivity index (χ1v) is 8.10. The van der Waals surface area contributed by atoms with Crippen molar-refractivity contribution in [1.29, 1.82) is 0 Å². The summed E-state index contributed by atoms with van der Waals surface area (Å²) in [6.07, 6.45) is 1.31. The number of H-pyrrole nitrogens is 1. The molecular formula is C19H19ClN2O. The van der Waals surface area contributed by atoms with Crippen LogP contribution in [0.15, 0.2) is 42.5 Å². The number of anilines is 1. The number of aromatic amines is 1. The van der Waals surface area contributed by atoms with E-state index in [9.17, 15) is 4.79 Å². The van der Waals surface area contributed by atoms with E-state index in [4.69, 9.17) is 11.6 Å². The summed E-state index contributed by atoms with van der Waals surface area (Å²) in [7, 11) is 0. The number of fused-ring (bicyclic) bond motifs is 1. The molecular weight excluding hydrogens is 308 g/mol. The van der Waals surface area contributed by atoms with Crippen molar-refractivity contribution >= 4 is 34.1 Å². The number of rotatable bonds is 4. The van der Waals surface area contributed by atoms with Crippen LogP contribution in [0.4, 0.5) is 5.69 Å². The lowest BCUT2D eigenvalue weighted by Crippen LogP contribution is -2.14. The predicted octanol–water partition coefficient (Wildman–Crippen LogP) is 4.87. The maximum Gasteiger partial charge on any atom is 0.228 e. The number of carbonyl (C=O) groups is 1. The summed E-state index contributed by atoms with van der Waals surface area (Å²) in [5, 5.41) is 4.63. The van der Waals surface area contributed by atoms with Crippen LogP contribution in [0.5, 0.6) is 0 Å². The normalized spacial score (nSPS) is 10.9. The molecule has 0 saturated carbocycles. The van der Waals surface area contributed by atoms with Crippen molar-refractivity contribution in [1.82, 2.24) is 4.98 Å². The minimum absolute atomic E-state index is 0.0294. The largest absolute Gasteiger partial charge is 0.358 e. The molecule has 2 N–H and O–H groups in total. The van der Waals surface area contributed by atoms with Crippen molar-refractivity contribution in [2.24, 2.45) is 0 Å². The van der Waals surface area contributed by atoms with Gasteiger partial charge in [0.05, 0.1) is 6.42 Å². The monoisotopic (exact) mass is 326 g/mol. The van der Waals surface area contributed by atoms with Crippen LogP contribution in [0.3, 0.4) is 0 Å². The summed E-state index contributed by atoms with van der Waals surface area (Å²) < 4.78 is 0. The van der Waals surface area contributed by atoms with E-state index in [1.165, 1.54) is 5.56 Å². The number of carbonyl (C=O) groups excluding carboxylic acids is 1. The molecule has 3 nitrogen and oxygen atoms in total. The first-order valence-electron chi connectivity index (χ1n) is 7.72. The Morgan fingerprint density at radius 2 is 1.91 bits per heavy atom. The van der Waals surface area contributed by atoms with Crippen LogP contribution in [-0.4, -0.2) is 10.9 Å². The van der Waals surface area contributed by atoms with Crippen LogP contribution in [0.25, 0.3) is 10.9 Å². The zero-order chi connectivity index (χ0) is 16.4. The zero-order valence-corrected chi connectivity index (χ0v) is 14.0. The Kier molecular flexibility index (Phi) is 4.39. The molecule has 0 aliphatic heterocycles. The molecule has 2 aromatic carbocycles. The van der Waals surface area contributed by atoms with E-state index in [1.807, 2.05) is 49.4 Å². The Hall–Kier alpha value is -2.26. The minimum Gasteiger partial charge on any atom is -0.358 e. The molecule has 0 bridgehead atoms. The summed E-state index contributed by atoms with van der Waals surface area (Å²) in [6, 6.07) is 13.6. The van der Waals surface area contributed by atoms with Crippen molar-refractivity contribution in [3.8, 4) is 0 Å². The van der Waals surface area contributed by atoms with Gasteiger partial charge in [0, 0.05) is 27.3 Å². The Labute approximate surface area is 140 Å². The van der Waals surface area contributed by atoms with Gasteiger partial charge in [-0.05, 0) is 54.8 Å². The van der Waals surface area contributed by atoms with Crippen molar-refractivity contribution in [3.63, 3.8) is 0 Å². The highest BCUT2D eigenvalue weighted by Crippen LogP contribution is 2.26. The fraction of sp³-hybridized carbons (Fsp3) is 0.211. The summed E-state index contributed by atoms with van der Waals surface area (Å²) in [6.45, 7) is 4.09. The van der Waals surface area contributed by atoms with Gasteiger partial charge in [0.25, 0.3) is 0 Å². The van der Waals surface area contributed by atoms with Gasteiger partial charge >= 0.3 is 0 Å². The molecule has 1 heterocycles. The molecule has 1 amide bonds. The number of nitrogens with one attached hydrogen (secondary N) is 2. The Morgan fingerprint density at radius 1 is 1.17 bits per heavy atom. The van der Waals surface area contributed by atoms with Crippen LogP contribution >= 0.6 is 11.6 Å². The molecule has 23 heavy (non-hydrogen) atoms. The van der Waals surface area contributed by atoms with Crippen LogP contribution in [0, 0.1) is 6.92 Å². The molecule has 0 unspecified atom stereocenters. The highest BCUT2D eigenvalue weighted by molar-refractivity contribution is 6.31. The lowest BCUT2D eigenvalue weighted by Gasteiger charge is -2.06. The summed E-state index contributed by atoms with van der Waals surface area (Å²) in [5.74, 6) is -0.0294. The van der Waals surface area contributed by atoms with E-state index in [2.05, 4.69) is 17.2 Å². The summed E-state index contributed by atoms with van der Waals surface area (Å²) >= 11 is 6.08. The molecule has 0 atom stereocenters. The van der Waals surface area contributed by atoms with Crippen molar-refractivity contribution in [2.75, 3.05) is 5.32 Å². The van der Waals surface area contributed by atoms with Gasteiger partial charge in [0.15, 0.2) is 0 Å². The van der Waals surface area contributed by atoms with Gasteiger partial charge in [0.2, 0.25) is 5.91 Å². The van der Waals surface area contributed by atoms with E-state index in [0.29, 0.717) is 11.4 Å². The lowest BCUT2D eigenvalue weighted by atomic mass is 10.1. The molecule has 1 aromatic heterocycles. The standard InChI is InChI=1S/C19H19ClN2O/c1-3-13-4-7-15(8-5-13)22-19(23)11-16-12(2)21-18-9-6-14(20)10-17(16)18/h4-10,21H,3,11H2,1-2H3,(H,22,23). The van der Waals surface area contributed by atoms with Gasteiger partial charge in [-0.15, -0.1) is 0 Å². The smallest absolute Gasteiger partial charge is 0.228 e. The van der Waals surface area contributed by atoms with Crippen molar-refractivity contribution in [3.05, 3.63) is 64.3 Å². The first kappa shape index (κ1) is 15.6. The third-order valence-electron chi connectivity index (χ3n) is 4.06. The van der Waals surface area contributed by atoms with Gasteiger partial charge in [-0.25, -0.2) is 0 Å². The molecule has 4 heteroatoms. The van der Waals surface area contributed by atoms with Crippen LogP contribution in [0.1, 0.15) is 23.7 Å². The van der Waals surface area contributed by atoms with Gasteiger partial charge in [-0.2, -0.15) is 0 Å². The Balaban J connectivity index is 1.79. The number of aryl methyl sites for hydroxylation is 2. The molecule has 3 aromatic rings. The molecule has 0 aliphatic carbocycles. The number of aromatic nitrogens is 1. The zero-order valence-electron chi connectivity index (χ0n) is 13.2. The minimum atomic E-state index is -0.0294. The van der Waals surface area contributed by atoms with Crippen LogP contribution in [0.2, 0.25) is 5.02 Å². The van der Waals surface area contributed by atoms with Gasteiger partial charge in [-0.1, -0.05) is 30.7 Å². The second-order valence-corrected chi connectivity index (χ2v) is 6.13. The summed E-state index contributed by atoms with van der Waals surface area (Å²) in [5.41, 5.74) is 5.07. The Bertz CT molecular complexity index is 850. The van der Waals surface area contributed by atoms with Crippen LogP contribution in [-0.2, 0) is 17.6 Å². The third kappa shape index (κ3) is 3.40. The van der Waals surface area contributed by atoms with Gasteiger partial charge in [0.1, 0.15) is 0 Å². The number of amides is 1. The average molecular weight is 327 g/mol.